The molecule has 0 amide bonds. The SMILES string of the molecule is CC(C)c1nn(CCO)c(N)c1-c1nc2ccccc2[nH]1. The number of imidazole rings is 1. The molecule has 0 radical (unpaired) electrons. The number of aliphatic hydroxyl groups is 1. The fraction of sp³-hybridized carbons (Fsp3) is 0.333. The minimum absolute atomic E-state index is 0.00296. The molecular weight excluding hydrogens is 266 g/mol. The van der Waals surface area contributed by atoms with E-state index < -0.39 is 0 Å². The average Bonchev–Trinajstić information content (AvgIpc) is 3.01. The Morgan fingerprint density at radius 3 is 2.76 bits per heavy atom. The molecule has 110 valence electrons. The van der Waals surface area contributed by atoms with Gasteiger partial charge in [0.1, 0.15) is 11.6 Å². The number of H-pyrrole nitrogens is 1. The number of aliphatic hydroxyl groups excluding tert-OH is 1. The molecule has 0 aliphatic heterocycles. The molecule has 0 bridgehead atoms. The first-order valence-electron chi connectivity index (χ1n) is 7.04. The van der Waals surface area contributed by atoms with E-state index in [1.165, 1.54) is 0 Å². The van der Waals surface area contributed by atoms with Gasteiger partial charge in [-0.25, -0.2) is 9.67 Å². The summed E-state index contributed by atoms with van der Waals surface area (Å²) < 4.78 is 1.64. The predicted octanol–water partition coefficient (Wildman–Crippen LogP) is 2.12. The number of aromatic nitrogens is 4. The molecule has 2 aromatic heterocycles. The van der Waals surface area contributed by atoms with Crippen LogP contribution in [0.25, 0.3) is 22.4 Å². The van der Waals surface area contributed by atoms with Gasteiger partial charge in [0.2, 0.25) is 0 Å². The van der Waals surface area contributed by atoms with E-state index in [0.717, 1.165) is 28.1 Å². The average molecular weight is 285 g/mol. The summed E-state index contributed by atoms with van der Waals surface area (Å²) in [6, 6.07) is 7.86. The topological polar surface area (TPSA) is 92.8 Å². The van der Waals surface area contributed by atoms with Crippen molar-refractivity contribution in [1.29, 1.82) is 0 Å². The normalized spacial score (nSPS) is 11.6. The molecule has 0 aliphatic rings. The molecule has 6 nitrogen and oxygen atoms in total. The third kappa shape index (κ3) is 2.27. The van der Waals surface area contributed by atoms with Crippen LogP contribution < -0.4 is 5.73 Å². The second-order valence-electron chi connectivity index (χ2n) is 5.35. The standard InChI is InChI=1S/C15H19N5O/c1-9(2)13-12(14(16)20(19-13)7-8-21)15-17-10-5-3-4-6-11(10)18-15/h3-6,9,21H,7-8,16H2,1-2H3,(H,17,18). The fourth-order valence-corrected chi connectivity index (χ4v) is 2.48. The number of rotatable bonds is 4. The maximum atomic E-state index is 9.13. The smallest absolute Gasteiger partial charge is 0.144 e. The van der Waals surface area contributed by atoms with Crippen molar-refractivity contribution in [3.63, 3.8) is 0 Å². The number of aromatic amines is 1. The number of anilines is 1. The first-order valence-corrected chi connectivity index (χ1v) is 7.04. The van der Waals surface area contributed by atoms with Crippen molar-refractivity contribution in [3.05, 3.63) is 30.0 Å². The van der Waals surface area contributed by atoms with Crippen molar-refractivity contribution in [1.82, 2.24) is 19.7 Å². The van der Waals surface area contributed by atoms with E-state index in [-0.39, 0.29) is 12.5 Å². The number of hydrogen-bond acceptors (Lipinski definition) is 4. The second-order valence-corrected chi connectivity index (χ2v) is 5.35. The molecule has 0 aliphatic carbocycles. The molecular formula is C15H19N5O. The van der Waals surface area contributed by atoms with Gasteiger partial charge in [0, 0.05) is 0 Å². The van der Waals surface area contributed by atoms with Gasteiger partial charge in [-0.05, 0) is 18.1 Å². The Morgan fingerprint density at radius 2 is 2.10 bits per heavy atom. The molecule has 6 heteroatoms. The molecule has 0 fully saturated rings. The molecule has 0 saturated carbocycles. The van der Waals surface area contributed by atoms with E-state index in [9.17, 15) is 0 Å². The lowest BCUT2D eigenvalue weighted by atomic mass is 10.1. The number of nitrogen functional groups attached to an aromatic ring is 1. The Kier molecular flexibility index (Phi) is 3.39. The van der Waals surface area contributed by atoms with Crippen LogP contribution in [0.1, 0.15) is 25.5 Å². The van der Waals surface area contributed by atoms with Crippen LogP contribution in [0.5, 0.6) is 0 Å². The molecule has 0 spiro atoms. The minimum atomic E-state index is 0.00296. The van der Waals surface area contributed by atoms with Crippen LogP contribution in [-0.4, -0.2) is 31.5 Å². The molecule has 0 saturated heterocycles. The second kappa shape index (κ2) is 5.21. The van der Waals surface area contributed by atoms with Gasteiger partial charge in [0.15, 0.2) is 0 Å². The summed E-state index contributed by atoms with van der Waals surface area (Å²) in [4.78, 5) is 7.91. The van der Waals surface area contributed by atoms with Gasteiger partial charge in [-0.15, -0.1) is 0 Å². The lowest BCUT2D eigenvalue weighted by molar-refractivity contribution is 0.270. The van der Waals surface area contributed by atoms with Gasteiger partial charge in [-0.3, -0.25) is 0 Å². The first kappa shape index (κ1) is 13.6. The highest BCUT2D eigenvalue weighted by Gasteiger charge is 2.21. The summed E-state index contributed by atoms with van der Waals surface area (Å²) in [6.07, 6.45) is 0. The third-order valence-electron chi connectivity index (χ3n) is 3.50. The summed E-state index contributed by atoms with van der Waals surface area (Å²) in [5.41, 5.74) is 9.80. The molecule has 1 aromatic carbocycles. The molecule has 0 atom stereocenters. The van der Waals surface area contributed by atoms with Crippen LogP contribution in [0, 0.1) is 0 Å². The van der Waals surface area contributed by atoms with Crippen LogP contribution in [0.3, 0.4) is 0 Å². The van der Waals surface area contributed by atoms with Gasteiger partial charge in [-0.2, -0.15) is 5.10 Å². The molecule has 2 heterocycles. The number of para-hydroxylation sites is 2. The fourth-order valence-electron chi connectivity index (χ4n) is 2.48. The van der Waals surface area contributed by atoms with E-state index in [0.29, 0.717) is 12.4 Å². The van der Waals surface area contributed by atoms with Crippen molar-refractivity contribution >= 4 is 16.9 Å². The summed E-state index contributed by atoms with van der Waals surface area (Å²) in [5, 5.41) is 13.6. The van der Waals surface area contributed by atoms with E-state index >= 15 is 0 Å². The number of fused-ring (bicyclic) bond motifs is 1. The zero-order valence-corrected chi connectivity index (χ0v) is 12.2. The monoisotopic (exact) mass is 285 g/mol. The number of nitrogens with two attached hydrogens (primary N) is 1. The number of nitrogens with one attached hydrogen (secondary N) is 1. The Hall–Kier alpha value is -2.34. The van der Waals surface area contributed by atoms with Crippen molar-refractivity contribution in [2.24, 2.45) is 0 Å². The maximum Gasteiger partial charge on any atom is 0.144 e. The molecule has 21 heavy (non-hydrogen) atoms. The maximum absolute atomic E-state index is 9.13. The largest absolute Gasteiger partial charge is 0.394 e. The zero-order valence-electron chi connectivity index (χ0n) is 12.2. The van der Waals surface area contributed by atoms with Crippen molar-refractivity contribution in [3.8, 4) is 11.4 Å². The summed E-state index contributed by atoms with van der Waals surface area (Å²) >= 11 is 0. The van der Waals surface area contributed by atoms with Crippen molar-refractivity contribution in [2.45, 2.75) is 26.3 Å². The molecule has 4 N–H and O–H groups in total. The van der Waals surface area contributed by atoms with Crippen LogP contribution in [-0.2, 0) is 6.54 Å². The van der Waals surface area contributed by atoms with Crippen LogP contribution in [0.2, 0.25) is 0 Å². The number of hydrogen-bond donors (Lipinski definition) is 3. The summed E-state index contributed by atoms with van der Waals surface area (Å²) in [5.74, 6) is 1.48. The molecule has 0 unspecified atom stereocenters. The summed E-state index contributed by atoms with van der Waals surface area (Å²) in [7, 11) is 0. The van der Waals surface area contributed by atoms with Crippen molar-refractivity contribution in [2.75, 3.05) is 12.3 Å². The lowest BCUT2D eigenvalue weighted by Gasteiger charge is -2.03. The van der Waals surface area contributed by atoms with Gasteiger partial charge < -0.3 is 15.8 Å². The van der Waals surface area contributed by atoms with Crippen LogP contribution in [0.15, 0.2) is 24.3 Å². The number of benzene rings is 1. The Morgan fingerprint density at radius 1 is 1.33 bits per heavy atom. The third-order valence-corrected chi connectivity index (χ3v) is 3.50. The highest BCUT2D eigenvalue weighted by molar-refractivity contribution is 5.82. The Bertz CT molecular complexity index is 739. The zero-order chi connectivity index (χ0) is 15.0. The molecule has 3 aromatic rings. The van der Waals surface area contributed by atoms with Crippen molar-refractivity contribution < 1.29 is 5.11 Å². The Labute approximate surface area is 122 Å². The van der Waals surface area contributed by atoms with E-state index in [1.54, 1.807) is 4.68 Å². The van der Waals surface area contributed by atoms with Gasteiger partial charge >= 0.3 is 0 Å². The number of nitrogens with zero attached hydrogens (tertiary/aromatic N) is 3. The first-order chi connectivity index (χ1) is 10.1. The van der Waals surface area contributed by atoms with Gasteiger partial charge in [0.05, 0.1) is 35.4 Å². The van der Waals surface area contributed by atoms with Crippen LogP contribution in [0.4, 0.5) is 5.82 Å². The summed E-state index contributed by atoms with van der Waals surface area (Å²) in [6.45, 7) is 4.52. The van der Waals surface area contributed by atoms with E-state index in [2.05, 4.69) is 28.9 Å². The Balaban J connectivity index is 2.19. The molecule has 3 rings (SSSR count). The van der Waals surface area contributed by atoms with Gasteiger partial charge in [-0.1, -0.05) is 26.0 Å². The predicted molar refractivity (Wildman–Crippen MR) is 82.9 cm³/mol. The minimum Gasteiger partial charge on any atom is -0.394 e. The van der Waals surface area contributed by atoms with Gasteiger partial charge in [0.25, 0.3) is 0 Å². The van der Waals surface area contributed by atoms with E-state index in [1.807, 2.05) is 24.3 Å². The lowest BCUT2D eigenvalue weighted by Crippen LogP contribution is -2.08. The highest BCUT2D eigenvalue weighted by atomic mass is 16.3. The van der Waals surface area contributed by atoms with E-state index in [4.69, 9.17) is 10.8 Å². The van der Waals surface area contributed by atoms with Crippen LogP contribution >= 0.6 is 0 Å². The highest BCUT2D eigenvalue weighted by Crippen LogP contribution is 2.33. The quantitative estimate of drug-likeness (QED) is 0.684.